The van der Waals surface area contributed by atoms with E-state index in [1.807, 2.05) is 0 Å². The summed E-state index contributed by atoms with van der Waals surface area (Å²) in [7, 11) is 1.11. The molecule has 1 aromatic rings. The predicted molar refractivity (Wildman–Crippen MR) is 64.2 cm³/mol. The third kappa shape index (κ3) is 4.80. The Labute approximate surface area is 119 Å². The van der Waals surface area contributed by atoms with E-state index in [0.29, 0.717) is 0 Å². The molecule has 0 amide bonds. The van der Waals surface area contributed by atoms with E-state index in [4.69, 9.17) is 0 Å². The van der Waals surface area contributed by atoms with Gasteiger partial charge in [0.05, 0.1) is 22.8 Å². The van der Waals surface area contributed by atoms with E-state index in [-0.39, 0.29) is 14.8 Å². The number of hydrogen-bond donors (Lipinski definition) is 0. The van der Waals surface area contributed by atoms with Gasteiger partial charge < -0.3 is 9.47 Å². The number of alkyl halides is 4. The van der Waals surface area contributed by atoms with Crippen LogP contribution in [-0.4, -0.2) is 24.4 Å². The van der Waals surface area contributed by atoms with Crippen molar-refractivity contribution in [2.45, 2.75) is 19.5 Å². The normalized spacial score (nSPS) is 11.3. The fourth-order valence-electron chi connectivity index (χ4n) is 1.20. The molecule has 4 nitrogen and oxygen atoms in total. The maximum Gasteiger partial charge on any atom is 0.574 e. The van der Waals surface area contributed by atoms with E-state index in [9.17, 15) is 22.4 Å². The van der Waals surface area contributed by atoms with Crippen LogP contribution >= 0.6 is 22.6 Å². The number of esters is 1. The van der Waals surface area contributed by atoms with Gasteiger partial charge in [-0.3, -0.25) is 4.79 Å². The highest BCUT2D eigenvalue weighted by Gasteiger charge is 2.33. The molecule has 1 rings (SSSR count). The van der Waals surface area contributed by atoms with Crippen LogP contribution in [0.3, 0.4) is 0 Å². The second-order valence-electron chi connectivity index (χ2n) is 3.32. The summed E-state index contributed by atoms with van der Waals surface area (Å²) in [4.78, 5) is 14.6. The van der Waals surface area contributed by atoms with Crippen molar-refractivity contribution in [1.82, 2.24) is 4.98 Å². The Kier molecular flexibility index (Phi) is 5.32. The van der Waals surface area contributed by atoms with Crippen molar-refractivity contribution in [1.29, 1.82) is 0 Å². The van der Waals surface area contributed by atoms with Crippen LogP contribution in [0.25, 0.3) is 0 Å². The summed E-state index contributed by atoms with van der Waals surface area (Å²) < 4.78 is 57.2. The van der Waals surface area contributed by atoms with Gasteiger partial charge in [-0.05, 0) is 28.7 Å². The maximum absolute atomic E-state index is 12.7. The summed E-state index contributed by atoms with van der Waals surface area (Å²) in [5.74, 6) is -1.45. The van der Waals surface area contributed by atoms with Crippen molar-refractivity contribution in [3.63, 3.8) is 0 Å². The molecule has 0 aromatic carbocycles. The minimum absolute atomic E-state index is 0.00353. The molecule has 0 fully saturated rings. The molecule has 1 aromatic heterocycles. The van der Waals surface area contributed by atoms with E-state index in [0.717, 1.165) is 13.2 Å². The molecule has 0 aliphatic rings. The van der Waals surface area contributed by atoms with Crippen LogP contribution in [-0.2, 0) is 22.6 Å². The summed E-state index contributed by atoms with van der Waals surface area (Å²) in [5.41, 5.74) is -0.127. The number of carbonyl (C=O) groups is 1. The van der Waals surface area contributed by atoms with E-state index >= 15 is 0 Å². The number of rotatable bonds is 4. The Morgan fingerprint density at radius 3 is 2.58 bits per heavy atom. The fourth-order valence-corrected chi connectivity index (χ4v) is 1.81. The van der Waals surface area contributed by atoms with Crippen LogP contribution in [0.1, 0.15) is 11.3 Å². The van der Waals surface area contributed by atoms with Crippen molar-refractivity contribution < 1.29 is 31.8 Å². The average molecular weight is 393 g/mol. The van der Waals surface area contributed by atoms with Gasteiger partial charge in [0.1, 0.15) is 6.67 Å². The minimum atomic E-state index is -4.91. The first-order valence-electron chi connectivity index (χ1n) is 4.83. The standard InChI is InChI=1S/C10H8F4INO3/c1-18-8(17)3-7-5(4-11)2-6(15)9(16-7)19-10(12,13)14/h2H,3-4H2,1H3. The Morgan fingerprint density at radius 2 is 2.11 bits per heavy atom. The monoisotopic (exact) mass is 393 g/mol. The van der Waals surface area contributed by atoms with E-state index in [1.54, 1.807) is 0 Å². The van der Waals surface area contributed by atoms with Gasteiger partial charge in [-0.15, -0.1) is 13.2 Å². The topological polar surface area (TPSA) is 48.4 Å². The highest BCUT2D eigenvalue weighted by atomic mass is 127. The molecule has 0 aliphatic heterocycles. The smallest absolute Gasteiger partial charge is 0.469 e. The number of pyridine rings is 1. The van der Waals surface area contributed by atoms with Crippen molar-refractivity contribution >= 4 is 28.6 Å². The van der Waals surface area contributed by atoms with Crippen molar-refractivity contribution in [2.75, 3.05) is 7.11 Å². The van der Waals surface area contributed by atoms with Gasteiger partial charge in [0.15, 0.2) is 0 Å². The maximum atomic E-state index is 12.7. The van der Waals surface area contributed by atoms with Gasteiger partial charge in [-0.1, -0.05) is 0 Å². The van der Waals surface area contributed by atoms with Crippen LogP contribution in [0.2, 0.25) is 0 Å². The lowest BCUT2D eigenvalue weighted by molar-refractivity contribution is -0.276. The van der Waals surface area contributed by atoms with Gasteiger partial charge in [0.2, 0.25) is 5.88 Å². The lowest BCUT2D eigenvalue weighted by Crippen LogP contribution is -2.20. The van der Waals surface area contributed by atoms with Crippen LogP contribution in [0.15, 0.2) is 6.07 Å². The summed E-state index contributed by atoms with van der Waals surface area (Å²) in [6.07, 6.45) is -5.34. The number of methoxy groups -OCH3 is 1. The van der Waals surface area contributed by atoms with Gasteiger partial charge in [-0.2, -0.15) is 0 Å². The molecule has 0 radical (unpaired) electrons. The molecule has 106 valence electrons. The average Bonchev–Trinajstić information content (AvgIpc) is 2.31. The minimum Gasteiger partial charge on any atom is -0.469 e. The lowest BCUT2D eigenvalue weighted by Gasteiger charge is -2.12. The third-order valence-corrected chi connectivity index (χ3v) is 2.78. The molecule has 1 heterocycles. The zero-order chi connectivity index (χ0) is 14.6. The highest BCUT2D eigenvalue weighted by molar-refractivity contribution is 14.1. The Balaban J connectivity index is 3.14. The third-order valence-electron chi connectivity index (χ3n) is 2.01. The number of nitrogens with zero attached hydrogens (tertiary/aromatic N) is 1. The number of halogens is 5. The van der Waals surface area contributed by atoms with Crippen LogP contribution < -0.4 is 4.74 Å². The summed E-state index contributed by atoms with van der Waals surface area (Å²) >= 11 is 1.54. The molecular weight excluding hydrogens is 385 g/mol. The summed E-state index contributed by atoms with van der Waals surface area (Å²) in [6, 6.07) is 1.15. The first-order valence-corrected chi connectivity index (χ1v) is 5.91. The predicted octanol–water partition coefficient (Wildman–Crippen LogP) is 2.77. The Bertz CT molecular complexity index is 479. The second-order valence-corrected chi connectivity index (χ2v) is 4.48. The summed E-state index contributed by atoms with van der Waals surface area (Å²) in [6.45, 7) is -0.957. The molecule has 0 saturated heterocycles. The quantitative estimate of drug-likeness (QED) is 0.449. The fraction of sp³-hybridized carbons (Fsp3) is 0.400. The molecule has 0 N–H and O–H groups in total. The summed E-state index contributed by atoms with van der Waals surface area (Å²) in [5, 5.41) is 0. The first-order chi connectivity index (χ1) is 8.76. The first kappa shape index (κ1) is 15.9. The molecule has 0 aliphatic carbocycles. The van der Waals surface area contributed by atoms with Gasteiger partial charge in [0.25, 0.3) is 0 Å². The molecule has 0 atom stereocenters. The van der Waals surface area contributed by atoms with Crippen LogP contribution in [0.5, 0.6) is 5.88 Å². The number of aromatic nitrogens is 1. The van der Waals surface area contributed by atoms with E-state index in [2.05, 4.69) is 14.5 Å². The number of ether oxygens (including phenoxy) is 2. The van der Waals surface area contributed by atoms with Gasteiger partial charge in [0, 0.05) is 5.56 Å². The van der Waals surface area contributed by atoms with Crippen molar-refractivity contribution in [2.24, 2.45) is 0 Å². The molecule has 0 unspecified atom stereocenters. The molecule has 9 heteroatoms. The number of carbonyl (C=O) groups excluding carboxylic acids is 1. The Morgan fingerprint density at radius 1 is 1.47 bits per heavy atom. The molecule has 0 spiro atoms. The highest BCUT2D eigenvalue weighted by Crippen LogP contribution is 2.28. The molecular formula is C10H8F4INO3. The van der Waals surface area contributed by atoms with Crippen molar-refractivity contribution in [3.05, 3.63) is 20.9 Å². The van der Waals surface area contributed by atoms with E-state index < -0.39 is 31.3 Å². The largest absolute Gasteiger partial charge is 0.574 e. The van der Waals surface area contributed by atoms with Gasteiger partial charge in [-0.25, -0.2) is 9.37 Å². The number of hydrogen-bond acceptors (Lipinski definition) is 4. The van der Waals surface area contributed by atoms with Crippen LogP contribution in [0, 0.1) is 3.57 Å². The van der Waals surface area contributed by atoms with Crippen molar-refractivity contribution in [3.8, 4) is 5.88 Å². The molecule has 0 saturated carbocycles. The molecule has 19 heavy (non-hydrogen) atoms. The Hall–Kier alpha value is -1.13. The van der Waals surface area contributed by atoms with E-state index in [1.165, 1.54) is 22.6 Å². The van der Waals surface area contributed by atoms with Crippen LogP contribution in [0.4, 0.5) is 17.6 Å². The SMILES string of the molecule is COC(=O)Cc1nc(OC(F)(F)F)c(I)cc1CF. The zero-order valence-electron chi connectivity index (χ0n) is 9.55. The van der Waals surface area contributed by atoms with Gasteiger partial charge >= 0.3 is 12.3 Å². The lowest BCUT2D eigenvalue weighted by atomic mass is 10.1. The molecule has 0 bridgehead atoms. The zero-order valence-corrected chi connectivity index (χ0v) is 11.7. The second kappa shape index (κ2) is 6.35.